The van der Waals surface area contributed by atoms with Gasteiger partial charge in [0, 0.05) is 28.4 Å². The Morgan fingerprint density at radius 3 is 1.56 bits per heavy atom. The van der Waals surface area contributed by atoms with Crippen LogP contribution in [0.25, 0.3) is 17.2 Å². The highest BCUT2D eigenvalue weighted by molar-refractivity contribution is 5.91. The van der Waals surface area contributed by atoms with E-state index in [9.17, 15) is 0 Å². The lowest BCUT2D eigenvalue weighted by Gasteiger charge is -2.26. The molecule has 0 heterocycles. The number of hydrogen-bond acceptors (Lipinski definition) is 2. The molecule has 0 bridgehead atoms. The molecule has 0 aromatic heterocycles. The fourth-order valence-corrected chi connectivity index (χ4v) is 9.67. The highest BCUT2D eigenvalue weighted by atomic mass is 15.1. The van der Waals surface area contributed by atoms with Crippen molar-refractivity contribution >= 4 is 45.7 Å². The Morgan fingerprint density at radius 1 is 0.534 bits per heavy atom. The second-order valence-corrected chi connectivity index (χ2v) is 19.5. The lowest BCUT2D eigenvalue weighted by atomic mass is 9.82. The van der Waals surface area contributed by atoms with E-state index in [2.05, 4.69) is 299 Å². The van der Waals surface area contributed by atoms with Crippen LogP contribution in [0.3, 0.4) is 0 Å². The first-order chi connectivity index (χ1) is 35.8. The van der Waals surface area contributed by atoms with E-state index in [4.69, 9.17) is 0 Å². The second kappa shape index (κ2) is 24.8. The van der Waals surface area contributed by atoms with Crippen molar-refractivity contribution in [3.63, 3.8) is 0 Å². The van der Waals surface area contributed by atoms with Gasteiger partial charge in [0.1, 0.15) is 0 Å². The van der Waals surface area contributed by atoms with Crippen molar-refractivity contribution in [3.8, 4) is 0 Å². The molecule has 10 rings (SSSR count). The Hall–Kier alpha value is -8.20. The first kappa shape index (κ1) is 49.8. The molecule has 2 aliphatic rings. The highest BCUT2D eigenvalue weighted by Gasteiger charge is 2.21. The van der Waals surface area contributed by atoms with Gasteiger partial charge in [-0.2, -0.15) is 0 Å². The van der Waals surface area contributed by atoms with Crippen LogP contribution in [0.15, 0.2) is 266 Å². The molecule has 0 saturated carbocycles. The average molecular weight is 949 g/mol. The van der Waals surface area contributed by atoms with Gasteiger partial charge in [-0.1, -0.05) is 225 Å². The summed E-state index contributed by atoms with van der Waals surface area (Å²) in [6.45, 7) is 8.90. The van der Waals surface area contributed by atoms with Gasteiger partial charge in [-0.05, 0) is 175 Å². The van der Waals surface area contributed by atoms with Gasteiger partial charge in [0.2, 0.25) is 0 Å². The van der Waals surface area contributed by atoms with Crippen molar-refractivity contribution in [2.45, 2.75) is 59.8 Å². The number of allylic oxidation sites excluding steroid dienone is 10. The van der Waals surface area contributed by atoms with Crippen LogP contribution in [0.5, 0.6) is 0 Å². The number of nitrogens with zero attached hydrogens (tertiary/aromatic N) is 1. The molecule has 0 fully saturated rings. The molecular formula is C71H68N2. The predicted molar refractivity (Wildman–Crippen MR) is 315 cm³/mol. The molecule has 2 aliphatic carbocycles. The van der Waals surface area contributed by atoms with E-state index < -0.39 is 0 Å². The molecular weight excluding hydrogens is 881 g/mol. The number of anilines is 5. The highest BCUT2D eigenvalue weighted by Crippen LogP contribution is 2.38. The van der Waals surface area contributed by atoms with Gasteiger partial charge >= 0.3 is 0 Å². The summed E-state index contributed by atoms with van der Waals surface area (Å²) in [6, 6.07) is 76.2. The van der Waals surface area contributed by atoms with Crippen LogP contribution in [0.1, 0.15) is 77.6 Å². The van der Waals surface area contributed by atoms with E-state index in [1.165, 1.54) is 72.5 Å². The van der Waals surface area contributed by atoms with Crippen molar-refractivity contribution in [2.24, 2.45) is 11.8 Å². The third-order valence-corrected chi connectivity index (χ3v) is 14.1. The third-order valence-electron chi connectivity index (χ3n) is 14.1. The van der Waals surface area contributed by atoms with Gasteiger partial charge in [-0.15, -0.1) is 0 Å². The quantitative estimate of drug-likeness (QED) is 0.0863. The molecule has 0 spiro atoms. The van der Waals surface area contributed by atoms with Gasteiger partial charge in [-0.3, -0.25) is 0 Å². The molecule has 0 saturated heterocycles. The maximum Gasteiger partial charge on any atom is 0.0461 e. The second-order valence-electron chi connectivity index (χ2n) is 19.5. The number of nitrogens with one attached hydrogen (secondary N) is 1. The van der Waals surface area contributed by atoms with E-state index >= 15 is 0 Å². The number of hydrogen-bond donors (Lipinski definition) is 1. The molecule has 2 heteroatoms. The van der Waals surface area contributed by atoms with Crippen molar-refractivity contribution in [2.75, 3.05) is 10.2 Å². The summed E-state index contributed by atoms with van der Waals surface area (Å²) in [4.78, 5) is 2.35. The Morgan fingerprint density at radius 2 is 1.03 bits per heavy atom. The molecule has 73 heavy (non-hydrogen) atoms. The summed E-state index contributed by atoms with van der Waals surface area (Å²) in [5, 5.41) is 3.49. The Kier molecular flexibility index (Phi) is 16.9. The van der Waals surface area contributed by atoms with Crippen LogP contribution in [0, 0.1) is 25.7 Å². The smallest absolute Gasteiger partial charge is 0.0461 e. The zero-order valence-electron chi connectivity index (χ0n) is 43.0. The van der Waals surface area contributed by atoms with Gasteiger partial charge in [-0.25, -0.2) is 0 Å². The monoisotopic (exact) mass is 949 g/mol. The van der Waals surface area contributed by atoms with Crippen LogP contribution in [-0.4, -0.2) is 0 Å². The number of benzene rings is 8. The Bertz CT molecular complexity index is 3150. The largest absolute Gasteiger partial charge is 0.356 e. The fourth-order valence-electron chi connectivity index (χ4n) is 9.67. The first-order valence-electron chi connectivity index (χ1n) is 26.1. The topological polar surface area (TPSA) is 15.3 Å². The molecule has 2 nitrogen and oxygen atoms in total. The minimum absolute atomic E-state index is 0.479. The van der Waals surface area contributed by atoms with Crippen molar-refractivity contribution < 1.29 is 0 Å². The van der Waals surface area contributed by atoms with Crippen molar-refractivity contribution in [1.29, 1.82) is 0 Å². The normalized spacial score (nSPS) is 15.2. The minimum atomic E-state index is 0.479. The van der Waals surface area contributed by atoms with E-state index in [1.807, 2.05) is 0 Å². The zero-order valence-corrected chi connectivity index (χ0v) is 43.0. The molecule has 8 aromatic carbocycles. The predicted octanol–water partition coefficient (Wildman–Crippen LogP) is 19.4. The van der Waals surface area contributed by atoms with Crippen molar-refractivity contribution in [3.05, 3.63) is 311 Å². The van der Waals surface area contributed by atoms with Crippen molar-refractivity contribution in [1.82, 2.24) is 0 Å². The molecule has 362 valence electrons. The summed E-state index contributed by atoms with van der Waals surface area (Å²) in [5.41, 5.74) is 21.4. The fraction of sp³-hybridized carbons (Fsp3) is 0.155. The summed E-state index contributed by atoms with van der Waals surface area (Å²) < 4.78 is 0. The van der Waals surface area contributed by atoms with E-state index in [1.54, 1.807) is 0 Å². The molecule has 2 atom stereocenters. The van der Waals surface area contributed by atoms with Gasteiger partial charge in [0.05, 0.1) is 0 Å². The van der Waals surface area contributed by atoms with Crippen LogP contribution in [0.2, 0.25) is 0 Å². The van der Waals surface area contributed by atoms with Crippen LogP contribution in [0.4, 0.5) is 28.4 Å². The lowest BCUT2D eigenvalue weighted by molar-refractivity contribution is 0.544. The molecule has 0 aliphatic heterocycles. The van der Waals surface area contributed by atoms with E-state index in [0.717, 1.165) is 54.9 Å². The lowest BCUT2D eigenvalue weighted by Crippen LogP contribution is -2.10. The van der Waals surface area contributed by atoms with Gasteiger partial charge in [0.25, 0.3) is 0 Å². The molecule has 8 aromatic rings. The van der Waals surface area contributed by atoms with Crippen LogP contribution < -0.4 is 10.2 Å². The van der Waals surface area contributed by atoms with Crippen LogP contribution >= 0.6 is 0 Å². The molecule has 0 amide bonds. The molecule has 1 N–H and O–H groups in total. The SMILES string of the molecule is Cc1ccc(N(c2ccc(CC=C(c3ccccc3)c3ccccc3)cc2)c2ccc(CC3=CC=CCC3)cc2)cc1.Cc1ccc(Nc2ccc(/C=C(/C3=CCC=CC(C)[C@@H]3C)c3ccccc3)cc2)cc1. The molecule has 0 radical (unpaired) electrons. The summed E-state index contributed by atoms with van der Waals surface area (Å²) in [7, 11) is 0. The third kappa shape index (κ3) is 13.6. The molecule has 1 unspecified atom stereocenters. The standard InChI is InChI=1S/C41H37N.C30H31N/c1-32-17-24-38(25-18-32)42(40-28-21-35(22-29-40)31-34-11-5-2-6-12-34)39-26-19-33(20-27-39)23-30-41(36-13-7-3-8-14-36)37-15-9-4-10-16-37;1-22-13-17-27(18-14-22)31-28-19-15-25(16-20-28)21-30(26-10-5-4-6-11-26)29-12-8-7-9-23(2)24(29)3/h2-5,7-11,13-22,24-30H,6,12,23,31H2,1H3;4-7,9-21,23-24,31H,8H2,1-3H3/b;30-21+/t;23?,24-/m.0/s1. The summed E-state index contributed by atoms with van der Waals surface area (Å²) in [6.07, 6.45) is 23.6. The maximum absolute atomic E-state index is 3.49. The van der Waals surface area contributed by atoms with Crippen LogP contribution in [-0.2, 0) is 12.8 Å². The first-order valence-corrected chi connectivity index (χ1v) is 26.1. The van der Waals surface area contributed by atoms with E-state index in [0.29, 0.717) is 11.8 Å². The van der Waals surface area contributed by atoms with Gasteiger partial charge < -0.3 is 10.2 Å². The number of rotatable bonds is 14. The van der Waals surface area contributed by atoms with Gasteiger partial charge in [0.15, 0.2) is 0 Å². The number of aryl methyl sites for hydroxylation is 2. The summed E-state index contributed by atoms with van der Waals surface area (Å²) in [5.74, 6) is 1.01. The zero-order chi connectivity index (χ0) is 50.2. The minimum Gasteiger partial charge on any atom is -0.356 e. The van der Waals surface area contributed by atoms with E-state index in [-0.39, 0.29) is 0 Å². The average Bonchev–Trinajstić information content (AvgIpc) is 3.60. The Balaban J connectivity index is 0.000000188. The Labute approximate surface area is 435 Å². The maximum atomic E-state index is 3.49. The summed E-state index contributed by atoms with van der Waals surface area (Å²) >= 11 is 0.